The molecular weight excluding hydrogens is 300 g/mol. The average molecular weight is 320 g/mol. The molecule has 1 unspecified atom stereocenters. The Kier molecular flexibility index (Phi) is 4.75. The van der Waals surface area contributed by atoms with Crippen LogP contribution in [0.25, 0.3) is 0 Å². The van der Waals surface area contributed by atoms with E-state index in [1.165, 1.54) is 0 Å². The van der Waals surface area contributed by atoms with E-state index in [2.05, 4.69) is 10.9 Å². The number of hydrogen-bond donors (Lipinski definition) is 2. The molecule has 0 bridgehead atoms. The van der Waals surface area contributed by atoms with Gasteiger partial charge in [0, 0.05) is 23.8 Å². The molecule has 4 nitrogen and oxygen atoms in total. The number of rotatable bonds is 4. The Morgan fingerprint density at radius 3 is 2.42 bits per heavy atom. The predicted octanol–water partition coefficient (Wildman–Crippen LogP) is 3.26. The lowest BCUT2D eigenvalue weighted by atomic mass is 9.86. The van der Waals surface area contributed by atoms with E-state index in [0.717, 1.165) is 16.8 Å². The maximum Gasteiger partial charge on any atom is 0.269 e. The Bertz CT molecular complexity index is 764. The molecule has 0 aromatic heterocycles. The fourth-order valence-corrected chi connectivity index (χ4v) is 2.85. The summed E-state index contributed by atoms with van der Waals surface area (Å²) < 4.78 is 0. The zero-order valence-electron chi connectivity index (χ0n) is 13.6. The average Bonchev–Trinajstić information content (AvgIpc) is 2.60. The number of hydrogen-bond acceptors (Lipinski definition) is 3. The molecule has 0 spiro atoms. The maximum atomic E-state index is 12.1. The smallest absolute Gasteiger partial charge is 0.269 e. The summed E-state index contributed by atoms with van der Waals surface area (Å²) >= 11 is 0. The lowest BCUT2D eigenvalue weighted by Gasteiger charge is -2.23. The number of carbonyl (C=O) groups excluding carboxylic acids is 2. The summed E-state index contributed by atoms with van der Waals surface area (Å²) in [5.41, 5.74) is 9.14. The largest absolute Gasteiger partial charge is 0.302 e. The highest BCUT2D eigenvalue weighted by molar-refractivity contribution is 5.94. The van der Waals surface area contributed by atoms with Gasteiger partial charge in [0.2, 0.25) is 0 Å². The first-order valence-corrected chi connectivity index (χ1v) is 8.03. The van der Waals surface area contributed by atoms with Crippen LogP contribution < -0.4 is 10.9 Å². The molecule has 0 heterocycles. The van der Waals surface area contributed by atoms with Crippen LogP contribution in [-0.2, 0) is 4.79 Å². The molecule has 2 N–H and O–H groups in total. The normalized spacial score (nSPS) is 17.1. The molecule has 0 aliphatic heterocycles. The van der Waals surface area contributed by atoms with E-state index < -0.39 is 0 Å². The highest BCUT2D eigenvalue weighted by Crippen LogP contribution is 2.29. The number of hydrazine groups is 1. The number of nitrogens with one attached hydrogen (secondary N) is 2. The van der Waals surface area contributed by atoms with Crippen LogP contribution in [0.2, 0.25) is 0 Å². The van der Waals surface area contributed by atoms with Gasteiger partial charge in [0.15, 0.2) is 5.78 Å². The van der Waals surface area contributed by atoms with Crippen LogP contribution >= 0.6 is 0 Å². The van der Waals surface area contributed by atoms with E-state index in [1.807, 2.05) is 49.4 Å². The number of amides is 1. The Balaban J connectivity index is 1.63. The summed E-state index contributed by atoms with van der Waals surface area (Å²) in [7, 11) is 0. The number of ketones is 1. The fourth-order valence-electron chi connectivity index (χ4n) is 2.85. The van der Waals surface area contributed by atoms with E-state index in [0.29, 0.717) is 18.4 Å². The van der Waals surface area contributed by atoms with E-state index >= 15 is 0 Å². The van der Waals surface area contributed by atoms with Gasteiger partial charge in [-0.3, -0.25) is 15.0 Å². The SMILES string of the molecule is Cc1ccc(C(=O)NNC2=CC(=O)CC(c3ccccc3)C2)cc1. The third kappa shape index (κ3) is 3.90. The molecule has 0 saturated carbocycles. The van der Waals surface area contributed by atoms with Crippen molar-refractivity contribution < 1.29 is 9.59 Å². The van der Waals surface area contributed by atoms with Gasteiger partial charge in [0.25, 0.3) is 5.91 Å². The number of benzene rings is 2. The molecular formula is C20H20N2O2. The second-order valence-corrected chi connectivity index (χ2v) is 6.10. The van der Waals surface area contributed by atoms with Crippen LogP contribution in [0.4, 0.5) is 0 Å². The van der Waals surface area contributed by atoms with Gasteiger partial charge in [-0.2, -0.15) is 0 Å². The molecule has 2 aromatic carbocycles. The molecule has 2 aromatic rings. The molecule has 24 heavy (non-hydrogen) atoms. The van der Waals surface area contributed by atoms with Gasteiger partial charge in [-0.1, -0.05) is 48.0 Å². The quantitative estimate of drug-likeness (QED) is 0.850. The number of carbonyl (C=O) groups is 2. The van der Waals surface area contributed by atoms with E-state index in [-0.39, 0.29) is 17.6 Å². The van der Waals surface area contributed by atoms with Crippen molar-refractivity contribution in [3.05, 3.63) is 83.1 Å². The molecule has 1 aliphatic carbocycles. The maximum absolute atomic E-state index is 12.1. The van der Waals surface area contributed by atoms with Crippen LogP contribution in [0.1, 0.15) is 40.2 Å². The predicted molar refractivity (Wildman–Crippen MR) is 93.3 cm³/mol. The highest BCUT2D eigenvalue weighted by atomic mass is 16.2. The van der Waals surface area contributed by atoms with Crippen LogP contribution in [0.3, 0.4) is 0 Å². The minimum atomic E-state index is -0.217. The molecule has 0 fully saturated rings. The minimum absolute atomic E-state index is 0.0715. The van der Waals surface area contributed by atoms with E-state index in [4.69, 9.17) is 0 Å². The summed E-state index contributed by atoms with van der Waals surface area (Å²) in [5.74, 6) is -0.00477. The molecule has 122 valence electrons. The Hall–Kier alpha value is -2.88. The second kappa shape index (κ2) is 7.13. The van der Waals surface area contributed by atoms with Gasteiger partial charge in [0.05, 0.1) is 0 Å². The first kappa shape index (κ1) is 16.0. The van der Waals surface area contributed by atoms with Gasteiger partial charge in [-0.05, 0) is 37.0 Å². The van der Waals surface area contributed by atoms with Crippen LogP contribution in [0.5, 0.6) is 0 Å². The van der Waals surface area contributed by atoms with Crippen molar-refractivity contribution in [2.24, 2.45) is 0 Å². The van der Waals surface area contributed by atoms with E-state index in [9.17, 15) is 9.59 Å². The summed E-state index contributed by atoms with van der Waals surface area (Å²) in [6.07, 6.45) is 2.78. The first-order valence-electron chi connectivity index (χ1n) is 8.03. The summed E-state index contributed by atoms with van der Waals surface area (Å²) in [4.78, 5) is 24.1. The van der Waals surface area contributed by atoms with Crippen LogP contribution in [0, 0.1) is 6.92 Å². The molecule has 1 atom stereocenters. The summed E-state index contributed by atoms with van der Waals surface area (Å²) in [6, 6.07) is 17.3. The van der Waals surface area contributed by atoms with Crippen LogP contribution in [0.15, 0.2) is 66.4 Å². The highest BCUT2D eigenvalue weighted by Gasteiger charge is 2.22. The monoisotopic (exact) mass is 320 g/mol. The molecule has 0 radical (unpaired) electrons. The van der Waals surface area contributed by atoms with Crippen molar-refractivity contribution in [1.82, 2.24) is 10.9 Å². The third-order valence-corrected chi connectivity index (χ3v) is 4.17. The lowest BCUT2D eigenvalue weighted by molar-refractivity contribution is -0.115. The van der Waals surface area contributed by atoms with Crippen molar-refractivity contribution in [3.8, 4) is 0 Å². The Morgan fingerprint density at radius 1 is 1.00 bits per heavy atom. The van der Waals surface area contributed by atoms with Gasteiger partial charge >= 0.3 is 0 Å². The third-order valence-electron chi connectivity index (χ3n) is 4.17. The summed E-state index contributed by atoms with van der Waals surface area (Å²) in [5, 5.41) is 0. The van der Waals surface area contributed by atoms with Gasteiger partial charge in [-0.25, -0.2) is 0 Å². The van der Waals surface area contributed by atoms with Crippen molar-refractivity contribution in [2.45, 2.75) is 25.7 Å². The number of aryl methyl sites for hydroxylation is 1. The van der Waals surface area contributed by atoms with Gasteiger partial charge < -0.3 is 5.43 Å². The molecule has 1 amide bonds. The second-order valence-electron chi connectivity index (χ2n) is 6.10. The van der Waals surface area contributed by atoms with Gasteiger partial charge in [-0.15, -0.1) is 0 Å². The van der Waals surface area contributed by atoms with Crippen LogP contribution in [-0.4, -0.2) is 11.7 Å². The van der Waals surface area contributed by atoms with Crippen molar-refractivity contribution >= 4 is 11.7 Å². The molecule has 4 heteroatoms. The Morgan fingerprint density at radius 2 is 1.71 bits per heavy atom. The van der Waals surface area contributed by atoms with Crippen molar-refractivity contribution in [1.29, 1.82) is 0 Å². The zero-order chi connectivity index (χ0) is 16.9. The van der Waals surface area contributed by atoms with Crippen molar-refractivity contribution in [2.75, 3.05) is 0 Å². The lowest BCUT2D eigenvalue weighted by Crippen LogP contribution is -2.38. The number of allylic oxidation sites excluding steroid dienone is 2. The first-order chi connectivity index (χ1) is 11.6. The molecule has 0 saturated heterocycles. The van der Waals surface area contributed by atoms with Crippen molar-refractivity contribution in [3.63, 3.8) is 0 Å². The standard InChI is InChI=1S/C20H20N2O2/c1-14-7-9-16(10-8-14)20(24)22-21-18-11-17(12-19(23)13-18)15-5-3-2-4-6-15/h2-10,13,17,21H,11-12H2,1H3,(H,22,24). The Labute approximate surface area is 141 Å². The van der Waals surface area contributed by atoms with E-state index in [1.54, 1.807) is 18.2 Å². The van der Waals surface area contributed by atoms with Gasteiger partial charge in [0.1, 0.15) is 0 Å². The molecule has 1 aliphatic rings. The fraction of sp³-hybridized carbons (Fsp3) is 0.200. The minimum Gasteiger partial charge on any atom is -0.302 e. The zero-order valence-corrected chi connectivity index (χ0v) is 13.6. The molecule has 3 rings (SSSR count). The topological polar surface area (TPSA) is 58.2 Å². The summed E-state index contributed by atoms with van der Waals surface area (Å²) in [6.45, 7) is 1.97.